The van der Waals surface area contributed by atoms with Gasteiger partial charge >= 0.3 is 0 Å². The zero-order valence-corrected chi connectivity index (χ0v) is 31.5. The molecule has 4 aromatic rings. The van der Waals surface area contributed by atoms with Gasteiger partial charge in [0.05, 0.1) is 68.4 Å². The Morgan fingerprint density at radius 1 is 0.764 bits per heavy atom. The molecule has 7 rings (SSSR count). The molecule has 55 heavy (non-hydrogen) atoms. The van der Waals surface area contributed by atoms with Gasteiger partial charge in [0.25, 0.3) is 11.8 Å². The number of piperazine rings is 1. The lowest BCUT2D eigenvalue weighted by atomic mass is 10.0. The van der Waals surface area contributed by atoms with E-state index in [0.29, 0.717) is 77.1 Å². The third kappa shape index (κ3) is 9.00. The molecule has 1 unspecified atom stereocenters. The summed E-state index contributed by atoms with van der Waals surface area (Å²) in [5.41, 5.74) is 4.81. The zero-order chi connectivity index (χ0) is 38.1. The van der Waals surface area contributed by atoms with Crippen molar-refractivity contribution in [3.63, 3.8) is 0 Å². The van der Waals surface area contributed by atoms with Crippen LogP contribution in [0.15, 0.2) is 67.1 Å². The fourth-order valence-corrected chi connectivity index (χ4v) is 7.46. The van der Waals surface area contributed by atoms with Gasteiger partial charge in [-0.3, -0.25) is 29.2 Å². The smallest absolute Gasteiger partial charge is 0.262 e. The maximum atomic E-state index is 13.0. The first-order chi connectivity index (χ1) is 26.9. The lowest BCUT2D eigenvalue weighted by Gasteiger charge is -2.36. The van der Waals surface area contributed by atoms with Crippen molar-refractivity contribution >= 4 is 45.2 Å². The van der Waals surface area contributed by atoms with E-state index in [1.807, 2.05) is 12.4 Å². The van der Waals surface area contributed by atoms with Crippen molar-refractivity contribution in [2.45, 2.75) is 25.3 Å². The molecule has 1 N–H and O–H groups in total. The second kappa shape index (κ2) is 18.2. The SMILES string of the molecule is C=C1CCC(N2C(=O)c3ccc(OCCOCCOCCOCCOCCCN4CCN(c5ccc6c7cnccc7n(C)c6c5)CC4)cc3C2=O)C(=O)N1. The molecule has 2 aromatic carbocycles. The maximum Gasteiger partial charge on any atom is 0.262 e. The van der Waals surface area contributed by atoms with Crippen LogP contribution in [0.4, 0.5) is 5.69 Å². The number of aromatic nitrogens is 2. The molecule has 0 spiro atoms. The van der Waals surface area contributed by atoms with Gasteiger partial charge in [-0.25, -0.2) is 0 Å². The maximum absolute atomic E-state index is 13.0. The number of pyridine rings is 1. The quantitative estimate of drug-likeness (QED) is 0.111. The summed E-state index contributed by atoms with van der Waals surface area (Å²) in [5, 5.41) is 5.08. The standard InChI is InChI=1S/C41H50N6O8/c1-29-4-9-37(39(48)43-29)47-40(49)33-8-6-31(27-34(33)41(47)50)55-25-24-54-23-22-53-21-20-52-19-18-51-17-3-12-45-13-15-46(16-14-45)30-5-7-32-35-28-42-11-10-36(35)44(2)38(32)26-30/h5-8,10-11,26-28,37H,1,3-4,9,12-25H2,2H3,(H,43,48). The van der Waals surface area contributed by atoms with E-state index in [9.17, 15) is 14.4 Å². The molecule has 2 fully saturated rings. The van der Waals surface area contributed by atoms with Gasteiger partial charge in [0, 0.05) is 80.9 Å². The normalized spacial score (nSPS) is 17.8. The van der Waals surface area contributed by atoms with Crippen LogP contribution in [-0.4, -0.2) is 135 Å². The van der Waals surface area contributed by atoms with Gasteiger partial charge in [-0.2, -0.15) is 0 Å². The van der Waals surface area contributed by atoms with Crippen molar-refractivity contribution in [1.82, 2.24) is 24.7 Å². The molecule has 292 valence electrons. The minimum Gasteiger partial charge on any atom is -0.491 e. The second-order valence-electron chi connectivity index (χ2n) is 14.0. The molecule has 1 atom stereocenters. The van der Waals surface area contributed by atoms with E-state index in [2.05, 4.69) is 62.6 Å². The molecule has 14 heteroatoms. The van der Waals surface area contributed by atoms with Gasteiger partial charge in [0.15, 0.2) is 0 Å². The molecule has 14 nitrogen and oxygen atoms in total. The van der Waals surface area contributed by atoms with Crippen LogP contribution in [0.2, 0.25) is 0 Å². The molecule has 0 radical (unpaired) electrons. The fourth-order valence-electron chi connectivity index (χ4n) is 7.46. The Kier molecular flexibility index (Phi) is 12.7. The Morgan fingerprint density at radius 2 is 1.45 bits per heavy atom. The van der Waals surface area contributed by atoms with Crippen molar-refractivity contribution in [2.24, 2.45) is 7.05 Å². The van der Waals surface area contributed by atoms with E-state index in [1.165, 1.54) is 27.5 Å². The lowest BCUT2D eigenvalue weighted by Crippen LogP contribution is -2.51. The Balaban J connectivity index is 0.670. The van der Waals surface area contributed by atoms with E-state index in [0.717, 1.165) is 44.0 Å². The highest BCUT2D eigenvalue weighted by Crippen LogP contribution is 2.32. The number of amides is 3. The van der Waals surface area contributed by atoms with E-state index in [-0.39, 0.29) is 17.7 Å². The number of anilines is 1. The number of carbonyl (C=O) groups is 3. The first kappa shape index (κ1) is 38.4. The number of nitrogens with zero attached hydrogens (tertiary/aromatic N) is 5. The number of benzene rings is 2. The van der Waals surface area contributed by atoms with Gasteiger partial charge < -0.3 is 38.5 Å². The van der Waals surface area contributed by atoms with E-state index in [1.54, 1.807) is 18.2 Å². The minimum atomic E-state index is -0.846. The average molecular weight is 755 g/mol. The Labute approximate surface area is 320 Å². The number of aryl methyl sites for hydroxylation is 1. The summed E-state index contributed by atoms with van der Waals surface area (Å²) < 4.78 is 30.6. The van der Waals surface area contributed by atoms with Crippen LogP contribution in [0.1, 0.15) is 40.0 Å². The van der Waals surface area contributed by atoms with Gasteiger partial charge in [0.1, 0.15) is 18.4 Å². The number of ether oxygens (including phenoxy) is 5. The number of hydrogen-bond acceptors (Lipinski definition) is 11. The summed E-state index contributed by atoms with van der Waals surface area (Å²) in [6.07, 6.45) is 5.67. The summed E-state index contributed by atoms with van der Waals surface area (Å²) >= 11 is 0. The summed E-state index contributed by atoms with van der Waals surface area (Å²) in [7, 11) is 2.13. The fraction of sp³-hybridized carbons (Fsp3) is 0.463. The highest BCUT2D eigenvalue weighted by molar-refractivity contribution is 6.23. The largest absolute Gasteiger partial charge is 0.491 e. The van der Waals surface area contributed by atoms with Gasteiger partial charge in [-0.05, 0) is 55.7 Å². The second-order valence-corrected chi connectivity index (χ2v) is 14.0. The Bertz CT molecular complexity index is 2010. The third-order valence-corrected chi connectivity index (χ3v) is 10.4. The summed E-state index contributed by atoms with van der Waals surface area (Å²) in [6.45, 7) is 13.1. The molecule has 2 saturated heterocycles. The molecular weight excluding hydrogens is 704 g/mol. The number of rotatable bonds is 19. The molecule has 3 amide bonds. The number of piperidine rings is 1. The van der Waals surface area contributed by atoms with Crippen LogP contribution in [0.5, 0.6) is 5.75 Å². The molecular formula is C41H50N6O8. The van der Waals surface area contributed by atoms with Crippen LogP contribution < -0.4 is 15.0 Å². The van der Waals surface area contributed by atoms with Crippen LogP contribution in [0.25, 0.3) is 21.8 Å². The van der Waals surface area contributed by atoms with Gasteiger partial charge in [-0.1, -0.05) is 12.6 Å². The van der Waals surface area contributed by atoms with Gasteiger partial charge in [-0.15, -0.1) is 0 Å². The first-order valence-electron chi connectivity index (χ1n) is 19.1. The number of hydrogen-bond donors (Lipinski definition) is 1. The Morgan fingerprint density at radius 3 is 2.18 bits per heavy atom. The van der Waals surface area contributed by atoms with Crippen LogP contribution in [-0.2, 0) is 30.8 Å². The van der Waals surface area contributed by atoms with Crippen molar-refractivity contribution < 1.29 is 38.1 Å². The van der Waals surface area contributed by atoms with Crippen molar-refractivity contribution in [3.05, 3.63) is 78.3 Å². The van der Waals surface area contributed by atoms with Crippen molar-refractivity contribution in [2.75, 3.05) is 97.1 Å². The number of fused-ring (bicyclic) bond motifs is 4. The minimum absolute atomic E-state index is 0.231. The molecule has 0 saturated carbocycles. The topological polar surface area (TPSA) is 137 Å². The Hall–Kier alpha value is -4.86. The van der Waals surface area contributed by atoms with Crippen molar-refractivity contribution in [1.29, 1.82) is 0 Å². The zero-order valence-electron chi connectivity index (χ0n) is 31.5. The highest BCUT2D eigenvalue weighted by atomic mass is 16.6. The number of carbonyl (C=O) groups excluding carboxylic acids is 3. The van der Waals surface area contributed by atoms with E-state index in [4.69, 9.17) is 23.7 Å². The molecule has 3 aliphatic heterocycles. The number of imide groups is 1. The molecule has 2 aromatic heterocycles. The summed E-state index contributed by atoms with van der Waals surface area (Å²) in [4.78, 5) is 48.7. The van der Waals surface area contributed by atoms with Gasteiger partial charge in [0.2, 0.25) is 5.91 Å². The van der Waals surface area contributed by atoms with E-state index < -0.39 is 23.8 Å². The molecule has 0 bridgehead atoms. The summed E-state index contributed by atoms with van der Waals surface area (Å²) in [6, 6.07) is 12.8. The van der Waals surface area contributed by atoms with Crippen molar-refractivity contribution in [3.8, 4) is 5.75 Å². The van der Waals surface area contributed by atoms with Crippen LogP contribution >= 0.6 is 0 Å². The monoisotopic (exact) mass is 754 g/mol. The molecule has 5 heterocycles. The predicted octanol–water partition coefficient (Wildman–Crippen LogP) is 3.77. The predicted molar refractivity (Wildman–Crippen MR) is 208 cm³/mol. The molecule has 0 aliphatic carbocycles. The lowest BCUT2D eigenvalue weighted by molar-refractivity contribution is -0.125. The van der Waals surface area contributed by atoms with Crippen LogP contribution in [0.3, 0.4) is 0 Å². The highest BCUT2D eigenvalue weighted by Gasteiger charge is 2.44. The number of nitrogens with one attached hydrogen (secondary N) is 1. The van der Waals surface area contributed by atoms with E-state index >= 15 is 0 Å². The first-order valence-corrected chi connectivity index (χ1v) is 19.1. The van der Waals surface area contributed by atoms with Crippen LogP contribution in [0, 0.1) is 0 Å². The molecule has 3 aliphatic rings. The summed E-state index contributed by atoms with van der Waals surface area (Å²) in [5.74, 6) is -0.914. The average Bonchev–Trinajstić information content (AvgIpc) is 3.62. The number of allylic oxidation sites excluding steroid dienone is 1. The third-order valence-electron chi connectivity index (χ3n) is 10.4.